The molecule has 0 bridgehead atoms. The van der Waals surface area contributed by atoms with E-state index in [1.807, 2.05) is 12.4 Å². The highest BCUT2D eigenvalue weighted by Gasteiger charge is 2.13. The van der Waals surface area contributed by atoms with E-state index in [9.17, 15) is 0 Å². The number of para-hydroxylation sites is 2. The van der Waals surface area contributed by atoms with Gasteiger partial charge in [-0.05, 0) is 46.7 Å². The van der Waals surface area contributed by atoms with Crippen LogP contribution in [0, 0.1) is 0 Å². The Morgan fingerprint density at radius 1 is 0.525 bits per heavy atom. The van der Waals surface area contributed by atoms with Crippen LogP contribution in [0.4, 0.5) is 0 Å². The van der Waals surface area contributed by atoms with Gasteiger partial charge in [0.2, 0.25) is 0 Å². The van der Waals surface area contributed by atoms with Crippen molar-refractivity contribution in [3.63, 3.8) is 0 Å². The standard InChI is InChI=1S/C37H27N3/c1-2-13-27(14-3-1)37-33(26-40-24-11-10-22-36(37)40)28-15-12-23-38-34-20-8-6-18-31(34)29-16-4-5-17-30(29)32-19-7-9-21-35(32)39-25-28/h1-26,38H. The van der Waals surface area contributed by atoms with Crippen LogP contribution in [0.3, 0.4) is 0 Å². The Morgan fingerprint density at radius 3 is 2.02 bits per heavy atom. The first-order valence-corrected chi connectivity index (χ1v) is 13.5. The fourth-order valence-electron chi connectivity index (χ4n) is 5.49. The van der Waals surface area contributed by atoms with E-state index in [1.54, 1.807) is 0 Å². The Hall–Kier alpha value is -5.41. The summed E-state index contributed by atoms with van der Waals surface area (Å²) in [5, 5.41) is 4.56. The molecule has 0 saturated carbocycles. The van der Waals surface area contributed by atoms with E-state index in [1.165, 1.54) is 16.5 Å². The summed E-state index contributed by atoms with van der Waals surface area (Å²) >= 11 is 0. The Kier molecular flexibility index (Phi) is 6.15. The van der Waals surface area contributed by atoms with Crippen LogP contribution < -0.4 is 0 Å². The Labute approximate surface area is 232 Å². The summed E-state index contributed by atoms with van der Waals surface area (Å²) in [6.07, 6.45) is 8.30. The van der Waals surface area contributed by atoms with Gasteiger partial charge in [0.25, 0.3) is 0 Å². The minimum atomic E-state index is 0.930. The summed E-state index contributed by atoms with van der Waals surface area (Å²) in [6, 6.07) is 46.5. The minimum Gasteiger partial charge on any atom is -0.361 e. The molecule has 0 amide bonds. The van der Waals surface area contributed by atoms with Crippen molar-refractivity contribution < 1.29 is 0 Å². The number of benzene rings is 4. The summed E-state index contributed by atoms with van der Waals surface area (Å²) in [4.78, 5) is 8.65. The maximum atomic E-state index is 5.11. The second kappa shape index (κ2) is 10.4. The maximum Gasteiger partial charge on any atom is 0.0708 e. The lowest BCUT2D eigenvalue weighted by Crippen LogP contribution is -1.82. The Bertz CT molecular complexity index is 2120. The van der Waals surface area contributed by atoms with Gasteiger partial charge >= 0.3 is 0 Å². The average Bonchev–Trinajstić information content (AvgIpc) is 3.41. The van der Waals surface area contributed by atoms with Gasteiger partial charge in [-0.25, -0.2) is 0 Å². The third kappa shape index (κ3) is 4.34. The van der Waals surface area contributed by atoms with Crippen molar-refractivity contribution in [2.24, 2.45) is 0 Å². The normalized spacial score (nSPS) is 11.0. The van der Waals surface area contributed by atoms with Crippen LogP contribution in [0.25, 0.3) is 60.3 Å². The van der Waals surface area contributed by atoms with Crippen LogP contribution in [0.15, 0.2) is 158 Å². The topological polar surface area (TPSA) is 33.1 Å². The second-order valence-electron chi connectivity index (χ2n) is 9.77. The largest absolute Gasteiger partial charge is 0.361 e. The van der Waals surface area contributed by atoms with Crippen molar-refractivity contribution in [2.75, 3.05) is 0 Å². The van der Waals surface area contributed by atoms with Crippen molar-refractivity contribution in [1.82, 2.24) is 14.4 Å². The zero-order valence-electron chi connectivity index (χ0n) is 21.9. The lowest BCUT2D eigenvalue weighted by atomic mass is 9.99. The van der Waals surface area contributed by atoms with Crippen molar-refractivity contribution in [1.29, 1.82) is 0 Å². The molecule has 4 aromatic carbocycles. The molecule has 0 aliphatic heterocycles. The number of fused-ring (bicyclic) bond motifs is 6. The molecule has 3 nitrogen and oxygen atoms in total. The molecule has 0 aliphatic carbocycles. The van der Waals surface area contributed by atoms with E-state index >= 15 is 0 Å². The molecule has 3 heterocycles. The first-order chi connectivity index (χ1) is 19.9. The summed E-state index contributed by atoms with van der Waals surface area (Å²) in [5.41, 5.74) is 7.65. The Morgan fingerprint density at radius 2 is 1.18 bits per heavy atom. The molecule has 0 aliphatic rings. The second-order valence-corrected chi connectivity index (χ2v) is 9.77. The van der Waals surface area contributed by atoms with E-state index in [0.29, 0.717) is 0 Å². The van der Waals surface area contributed by atoms with Gasteiger partial charge < -0.3 is 9.38 Å². The van der Waals surface area contributed by atoms with Crippen molar-refractivity contribution in [3.05, 3.63) is 158 Å². The van der Waals surface area contributed by atoms with E-state index in [2.05, 4.69) is 155 Å². The first-order valence-electron chi connectivity index (χ1n) is 13.5. The minimum absolute atomic E-state index is 0.930. The predicted molar refractivity (Wildman–Crippen MR) is 168 cm³/mol. The quantitative estimate of drug-likeness (QED) is 0.245. The zero-order valence-corrected chi connectivity index (χ0v) is 21.9. The number of H-pyrrole nitrogens is 1. The molecule has 3 aromatic heterocycles. The molecule has 1 N–H and O–H groups in total. The van der Waals surface area contributed by atoms with Crippen LogP contribution >= 0.6 is 0 Å². The molecule has 7 aromatic rings. The number of aromatic amines is 1. The monoisotopic (exact) mass is 513 g/mol. The number of hydrogen-bond acceptors (Lipinski definition) is 1. The van der Waals surface area contributed by atoms with Gasteiger partial charge in [-0.15, -0.1) is 0 Å². The molecule has 0 atom stereocenters. The molecule has 0 unspecified atom stereocenters. The van der Waals surface area contributed by atoms with Crippen LogP contribution in [-0.2, 0) is 0 Å². The summed E-state index contributed by atoms with van der Waals surface area (Å²) in [6.45, 7) is 0. The molecule has 3 heteroatoms. The summed E-state index contributed by atoms with van der Waals surface area (Å²) in [5.74, 6) is 0. The lowest BCUT2D eigenvalue weighted by molar-refractivity contribution is 1.20. The number of aromatic nitrogens is 3. The summed E-state index contributed by atoms with van der Waals surface area (Å²) in [7, 11) is 0. The van der Waals surface area contributed by atoms with Crippen LogP contribution in [0.1, 0.15) is 0 Å². The molecule has 7 rings (SSSR count). The Balaban J connectivity index is 1.62. The molecule has 0 fully saturated rings. The van der Waals surface area contributed by atoms with Crippen LogP contribution in [-0.4, -0.2) is 14.4 Å². The smallest absolute Gasteiger partial charge is 0.0708 e. The number of pyridine rings is 1. The van der Waals surface area contributed by atoms with Gasteiger partial charge in [-0.3, -0.25) is 4.98 Å². The fourth-order valence-corrected chi connectivity index (χ4v) is 5.49. The molecular formula is C37H27N3. The lowest BCUT2D eigenvalue weighted by Gasteiger charge is -2.05. The van der Waals surface area contributed by atoms with Crippen molar-refractivity contribution in [2.45, 2.75) is 0 Å². The molecular weight excluding hydrogens is 486 g/mol. The molecule has 0 radical (unpaired) electrons. The number of nitrogens with zero attached hydrogens (tertiary/aromatic N) is 2. The van der Waals surface area contributed by atoms with Crippen LogP contribution in [0.2, 0.25) is 0 Å². The molecule has 0 saturated heterocycles. The molecule has 190 valence electrons. The van der Waals surface area contributed by atoms with Gasteiger partial charge in [0.15, 0.2) is 0 Å². The third-order valence-corrected chi connectivity index (χ3v) is 7.35. The summed E-state index contributed by atoms with van der Waals surface area (Å²) < 4.78 is 2.19. The zero-order chi connectivity index (χ0) is 26.7. The van der Waals surface area contributed by atoms with Gasteiger partial charge in [0.1, 0.15) is 0 Å². The van der Waals surface area contributed by atoms with Crippen molar-refractivity contribution in [3.8, 4) is 22.3 Å². The van der Waals surface area contributed by atoms with Crippen LogP contribution in [0.5, 0.6) is 0 Å². The van der Waals surface area contributed by atoms with Crippen molar-refractivity contribution >= 4 is 38.1 Å². The van der Waals surface area contributed by atoms with Gasteiger partial charge in [-0.1, -0.05) is 103 Å². The highest BCUT2D eigenvalue weighted by Crippen LogP contribution is 2.36. The van der Waals surface area contributed by atoms with Gasteiger partial charge in [0, 0.05) is 57.8 Å². The van der Waals surface area contributed by atoms with E-state index in [4.69, 9.17) is 4.98 Å². The van der Waals surface area contributed by atoms with E-state index in [0.717, 1.165) is 43.8 Å². The van der Waals surface area contributed by atoms with Gasteiger partial charge in [-0.2, -0.15) is 0 Å². The SMILES string of the molecule is c1ccc(-c2c(-c3ccc[nH]c4ccccc4c4ccccc4c4ccccc4nc3)cn3ccccc23)cc1. The van der Waals surface area contributed by atoms with E-state index in [-0.39, 0.29) is 0 Å². The van der Waals surface area contributed by atoms with Gasteiger partial charge in [0.05, 0.1) is 11.0 Å². The highest BCUT2D eigenvalue weighted by molar-refractivity contribution is 6.12. The highest BCUT2D eigenvalue weighted by atomic mass is 14.9. The number of hydrogen-bond donors (Lipinski definition) is 1. The number of rotatable bonds is 2. The maximum absolute atomic E-state index is 5.11. The molecule has 0 spiro atoms. The third-order valence-electron chi connectivity index (χ3n) is 7.35. The fraction of sp³-hybridized carbons (Fsp3) is 0. The predicted octanol–water partition coefficient (Wildman–Crippen LogP) is 9.70. The number of nitrogens with one attached hydrogen (secondary N) is 1. The average molecular weight is 514 g/mol. The first kappa shape index (κ1) is 23.7. The van der Waals surface area contributed by atoms with E-state index < -0.39 is 0 Å². The molecule has 40 heavy (non-hydrogen) atoms.